The number of rotatable bonds is 9. The topological polar surface area (TPSA) is 73.5 Å². The highest BCUT2D eigenvalue weighted by molar-refractivity contribution is 5.75. The van der Waals surface area contributed by atoms with Crippen LogP contribution in [0.2, 0.25) is 0 Å². The van der Waals surface area contributed by atoms with Gasteiger partial charge in [-0.2, -0.15) is 0 Å². The van der Waals surface area contributed by atoms with Crippen molar-refractivity contribution >= 4 is 5.91 Å². The predicted molar refractivity (Wildman–Crippen MR) is 105 cm³/mol. The Kier molecular flexibility index (Phi) is 7.40. The standard InChI is InChI=1S/C20H27N3O4/c1-4-7-12-21(5-2)18(24)15-22-13-14-23(20(26)19(22)25)16-8-10-17(11-9-16)27-6-3/h8-11,13-14H,4-7,12,15H2,1-3H3. The molecule has 1 amide bonds. The lowest BCUT2D eigenvalue weighted by atomic mass is 10.3. The van der Waals surface area contributed by atoms with Crippen molar-refractivity contribution in [2.45, 2.75) is 40.2 Å². The minimum Gasteiger partial charge on any atom is -0.494 e. The summed E-state index contributed by atoms with van der Waals surface area (Å²) in [7, 11) is 0. The number of ether oxygens (including phenoxy) is 1. The maximum atomic E-state index is 12.5. The first kappa shape index (κ1) is 20.5. The van der Waals surface area contributed by atoms with Crippen LogP contribution in [0.25, 0.3) is 5.69 Å². The van der Waals surface area contributed by atoms with Crippen LogP contribution in [-0.2, 0) is 11.3 Å². The van der Waals surface area contributed by atoms with Crippen molar-refractivity contribution in [2.75, 3.05) is 19.7 Å². The van der Waals surface area contributed by atoms with Crippen molar-refractivity contribution in [3.8, 4) is 11.4 Å². The molecule has 0 N–H and O–H groups in total. The van der Waals surface area contributed by atoms with E-state index in [-0.39, 0.29) is 12.5 Å². The quantitative estimate of drug-likeness (QED) is 0.631. The molecule has 146 valence electrons. The Labute approximate surface area is 158 Å². The predicted octanol–water partition coefficient (Wildman–Crippen LogP) is 2.05. The summed E-state index contributed by atoms with van der Waals surface area (Å²) in [4.78, 5) is 39.0. The van der Waals surface area contributed by atoms with Gasteiger partial charge in [-0.25, -0.2) is 0 Å². The fourth-order valence-electron chi connectivity index (χ4n) is 2.76. The maximum Gasteiger partial charge on any atom is 0.320 e. The lowest BCUT2D eigenvalue weighted by molar-refractivity contribution is -0.131. The van der Waals surface area contributed by atoms with E-state index in [0.717, 1.165) is 12.8 Å². The highest BCUT2D eigenvalue weighted by Gasteiger charge is 2.14. The number of unbranched alkanes of at least 4 members (excludes halogenated alkanes) is 1. The molecule has 7 heteroatoms. The van der Waals surface area contributed by atoms with Gasteiger partial charge >= 0.3 is 11.1 Å². The van der Waals surface area contributed by atoms with Crippen molar-refractivity contribution < 1.29 is 9.53 Å². The smallest absolute Gasteiger partial charge is 0.320 e. The second-order valence-electron chi connectivity index (χ2n) is 6.16. The SMILES string of the molecule is CCCCN(CC)C(=O)Cn1ccn(-c2ccc(OCC)cc2)c(=O)c1=O. The molecule has 0 atom stereocenters. The first-order valence-corrected chi connectivity index (χ1v) is 9.34. The summed E-state index contributed by atoms with van der Waals surface area (Å²) in [5.41, 5.74) is -0.838. The lowest BCUT2D eigenvalue weighted by Gasteiger charge is -2.21. The number of amides is 1. The minimum atomic E-state index is -0.716. The van der Waals surface area contributed by atoms with Crippen LogP contribution in [0.4, 0.5) is 0 Å². The third-order valence-electron chi connectivity index (χ3n) is 4.31. The van der Waals surface area contributed by atoms with Gasteiger partial charge in [0.15, 0.2) is 0 Å². The summed E-state index contributed by atoms with van der Waals surface area (Å²) in [6.45, 7) is 7.51. The first-order chi connectivity index (χ1) is 13.0. The molecule has 0 unspecified atom stereocenters. The average molecular weight is 373 g/mol. The molecule has 0 aliphatic rings. The molecule has 0 bridgehead atoms. The van der Waals surface area contributed by atoms with Crippen LogP contribution < -0.4 is 15.9 Å². The van der Waals surface area contributed by atoms with Gasteiger partial charge < -0.3 is 9.64 Å². The Morgan fingerprint density at radius 2 is 1.74 bits per heavy atom. The fourth-order valence-corrected chi connectivity index (χ4v) is 2.76. The van der Waals surface area contributed by atoms with Crippen LogP contribution >= 0.6 is 0 Å². The van der Waals surface area contributed by atoms with Gasteiger partial charge in [-0.05, 0) is 44.5 Å². The van der Waals surface area contributed by atoms with E-state index in [1.54, 1.807) is 29.2 Å². The molecule has 0 aliphatic carbocycles. The van der Waals surface area contributed by atoms with Crippen LogP contribution in [0.15, 0.2) is 46.2 Å². The summed E-state index contributed by atoms with van der Waals surface area (Å²) in [5.74, 6) is 0.534. The Bertz CT molecular complexity index is 868. The Morgan fingerprint density at radius 1 is 1.04 bits per heavy atom. The Hall–Kier alpha value is -2.83. The summed E-state index contributed by atoms with van der Waals surface area (Å²) >= 11 is 0. The number of carbonyl (C=O) groups excluding carboxylic acids is 1. The highest BCUT2D eigenvalue weighted by Crippen LogP contribution is 2.13. The molecule has 0 saturated carbocycles. The molecule has 0 saturated heterocycles. The summed E-state index contributed by atoms with van der Waals surface area (Å²) in [6.07, 6.45) is 4.89. The van der Waals surface area contributed by atoms with Crippen molar-refractivity contribution in [1.82, 2.24) is 14.0 Å². The van der Waals surface area contributed by atoms with Gasteiger partial charge in [0, 0.05) is 31.2 Å². The maximum absolute atomic E-state index is 12.5. The molecule has 0 spiro atoms. The van der Waals surface area contributed by atoms with E-state index >= 15 is 0 Å². The minimum absolute atomic E-state index is 0.129. The summed E-state index contributed by atoms with van der Waals surface area (Å²) in [6, 6.07) is 6.91. The molecule has 2 rings (SSSR count). The number of benzene rings is 1. The van der Waals surface area contributed by atoms with E-state index in [4.69, 9.17) is 4.74 Å². The molecule has 1 aromatic heterocycles. The molecular weight excluding hydrogens is 346 g/mol. The lowest BCUT2D eigenvalue weighted by Crippen LogP contribution is -2.43. The normalized spacial score (nSPS) is 10.6. The fraction of sp³-hybridized carbons (Fsp3) is 0.450. The molecule has 1 aromatic carbocycles. The number of hydrogen-bond donors (Lipinski definition) is 0. The largest absolute Gasteiger partial charge is 0.494 e. The number of aromatic nitrogens is 2. The van der Waals surface area contributed by atoms with Crippen LogP contribution in [0.3, 0.4) is 0 Å². The van der Waals surface area contributed by atoms with E-state index in [2.05, 4.69) is 6.92 Å². The van der Waals surface area contributed by atoms with Gasteiger partial charge in [0.05, 0.1) is 6.61 Å². The van der Waals surface area contributed by atoms with Crippen molar-refractivity contribution in [3.05, 3.63) is 57.4 Å². The Balaban J connectivity index is 2.22. The number of carbonyl (C=O) groups is 1. The van der Waals surface area contributed by atoms with Crippen molar-refractivity contribution in [2.24, 2.45) is 0 Å². The molecule has 0 fully saturated rings. The van der Waals surface area contributed by atoms with Gasteiger partial charge in [0.2, 0.25) is 5.91 Å². The van der Waals surface area contributed by atoms with Crippen LogP contribution in [0.5, 0.6) is 5.75 Å². The summed E-state index contributed by atoms with van der Waals surface area (Å²) in [5, 5.41) is 0. The van der Waals surface area contributed by atoms with E-state index in [9.17, 15) is 14.4 Å². The van der Waals surface area contributed by atoms with Gasteiger partial charge in [-0.3, -0.25) is 23.5 Å². The molecule has 27 heavy (non-hydrogen) atoms. The third-order valence-corrected chi connectivity index (χ3v) is 4.31. The molecule has 2 aromatic rings. The zero-order valence-corrected chi connectivity index (χ0v) is 16.2. The Morgan fingerprint density at radius 3 is 2.33 bits per heavy atom. The zero-order valence-electron chi connectivity index (χ0n) is 16.2. The molecule has 0 aliphatic heterocycles. The monoisotopic (exact) mass is 373 g/mol. The second kappa shape index (κ2) is 9.75. The number of likely N-dealkylation sites (N-methyl/N-ethyl adjacent to an activating group) is 1. The molecule has 1 heterocycles. The van der Waals surface area contributed by atoms with Crippen molar-refractivity contribution in [3.63, 3.8) is 0 Å². The zero-order chi connectivity index (χ0) is 19.8. The number of nitrogens with zero attached hydrogens (tertiary/aromatic N) is 3. The van der Waals surface area contributed by atoms with E-state index in [0.29, 0.717) is 31.1 Å². The van der Waals surface area contributed by atoms with E-state index in [1.807, 2.05) is 13.8 Å². The van der Waals surface area contributed by atoms with E-state index in [1.165, 1.54) is 21.5 Å². The van der Waals surface area contributed by atoms with Crippen LogP contribution in [-0.4, -0.2) is 39.6 Å². The van der Waals surface area contributed by atoms with E-state index < -0.39 is 11.1 Å². The molecule has 7 nitrogen and oxygen atoms in total. The molecule has 0 radical (unpaired) electrons. The highest BCUT2D eigenvalue weighted by atomic mass is 16.5. The first-order valence-electron chi connectivity index (χ1n) is 9.34. The van der Waals surface area contributed by atoms with Crippen LogP contribution in [0, 0.1) is 0 Å². The number of hydrogen-bond acceptors (Lipinski definition) is 4. The third kappa shape index (κ3) is 5.09. The van der Waals surface area contributed by atoms with Gasteiger partial charge in [-0.15, -0.1) is 0 Å². The van der Waals surface area contributed by atoms with Crippen LogP contribution in [0.1, 0.15) is 33.6 Å². The van der Waals surface area contributed by atoms with Gasteiger partial charge in [0.25, 0.3) is 0 Å². The average Bonchev–Trinajstić information content (AvgIpc) is 2.67. The molecular formula is C20H27N3O4. The van der Waals surface area contributed by atoms with Gasteiger partial charge in [-0.1, -0.05) is 13.3 Å². The second-order valence-corrected chi connectivity index (χ2v) is 6.16. The summed E-state index contributed by atoms with van der Waals surface area (Å²) < 4.78 is 7.82. The van der Waals surface area contributed by atoms with Crippen molar-refractivity contribution in [1.29, 1.82) is 0 Å². The van der Waals surface area contributed by atoms with Gasteiger partial charge in [0.1, 0.15) is 12.3 Å².